The van der Waals surface area contributed by atoms with Gasteiger partial charge in [0.15, 0.2) is 23.5 Å². The smallest absolute Gasteiger partial charge is 0.372 e. The van der Waals surface area contributed by atoms with Crippen molar-refractivity contribution in [3.05, 3.63) is 40.9 Å². The van der Waals surface area contributed by atoms with Gasteiger partial charge in [-0.1, -0.05) is 6.07 Å². The van der Waals surface area contributed by atoms with Gasteiger partial charge < -0.3 is 29.9 Å². The minimum atomic E-state index is -4.74. The van der Waals surface area contributed by atoms with E-state index in [9.17, 15) is 28.2 Å². The monoisotopic (exact) mass is 599 g/mol. The lowest BCUT2D eigenvalue weighted by Gasteiger charge is -2.40. The van der Waals surface area contributed by atoms with Crippen LogP contribution in [0.4, 0.5) is 34.2 Å². The van der Waals surface area contributed by atoms with E-state index in [4.69, 9.17) is 0 Å². The molecule has 3 aromatic rings. The topological polar surface area (TPSA) is 119 Å². The average molecular weight is 600 g/mol. The summed E-state index contributed by atoms with van der Waals surface area (Å²) in [7, 11) is 3.16. The van der Waals surface area contributed by atoms with Crippen molar-refractivity contribution < 1.29 is 37.3 Å². The van der Waals surface area contributed by atoms with E-state index in [1.54, 1.807) is 27.0 Å². The highest BCUT2D eigenvalue weighted by Crippen LogP contribution is 2.37. The van der Waals surface area contributed by atoms with E-state index < -0.39 is 42.8 Å². The molecule has 0 radical (unpaired) electrons. The number of imidazole rings is 1. The number of alkyl halides is 3. The normalized spacial score (nSPS) is 22.2. The van der Waals surface area contributed by atoms with Gasteiger partial charge in [0.2, 0.25) is 5.91 Å². The Bertz CT molecular complexity index is 1450. The SMILES string of the molecule is Cc1sc(NC(=O)[C@H](C)n2cnc3c2C(O)N(C)C(O)N3C)nc1-c1ccc(N2CC[C@H](OC(F)(F)F)C2)c(F)c1. The molecule has 0 aliphatic carbocycles. The van der Waals surface area contributed by atoms with Crippen molar-refractivity contribution in [2.24, 2.45) is 0 Å². The Kier molecular flexibility index (Phi) is 7.71. The number of aliphatic hydroxyl groups is 2. The second kappa shape index (κ2) is 10.8. The molecule has 222 valence electrons. The zero-order valence-electron chi connectivity index (χ0n) is 22.6. The largest absolute Gasteiger partial charge is 0.522 e. The molecule has 2 unspecified atom stereocenters. The fourth-order valence-electron chi connectivity index (χ4n) is 5.09. The number of fused-ring (bicyclic) bond motifs is 1. The Morgan fingerprint density at radius 1 is 1.27 bits per heavy atom. The Morgan fingerprint density at radius 3 is 2.68 bits per heavy atom. The van der Waals surface area contributed by atoms with Crippen molar-refractivity contribution in [2.75, 3.05) is 42.3 Å². The Labute approximate surface area is 236 Å². The lowest BCUT2D eigenvalue weighted by molar-refractivity contribution is -0.339. The van der Waals surface area contributed by atoms with Crippen LogP contribution in [0.25, 0.3) is 11.3 Å². The summed E-state index contributed by atoms with van der Waals surface area (Å²) in [4.78, 5) is 26.9. The van der Waals surface area contributed by atoms with Crippen LogP contribution in [0.1, 0.15) is 36.2 Å². The van der Waals surface area contributed by atoms with Crippen molar-refractivity contribution in [1.29, 1.82) is 0 Å². The van der Waals surface area contributed by atoms with Gasteiger partial charge in [0.1, 0.15) is 17.6 Å². The van der Waals surface area contributed by atoms with Crippen molar-refractivity contribution in [3.8, 4) is 11.3 Å². The molecular formula is C25H29F4N7O4S. The number of aliphatic hydroxyl groups excluding tert-OH is 2. The van der Waals surface area contributed by atoms with E-state index in [2.05, 4.69) is 20.0 Å². The number of carbonyl (C=O) groups is 1. The van der Waals surface area contributed by atoms with E-state index in [1.165, 1.54) is 56.1 Å². The first-order valence-electron chi connectivity index (χ1n) is 12.7. The number of nitrogens with one attached hydrogen (secondary N) is 1. The first-order chi connectivity index (χ1) is 19.2. The predicted octanol–water partition coefficient (Wildman–Crippen LogP) is 3.42. The van der Waals surface area contributed by atoms with Gasteiger partial charge >= 0.3 is 6.36 Å². The summed E-state index contributed by atoms with van der Waals surface area (Å²) < 4.78 is 58.3. The van der Waals surface area contributed by atoms with E-state index in [1.807, 2.05) is 0 Å². The Morgan fingerprint density at radius 2 is 2.00 bits per heavy atom. The number of rotatable bonds is 6. The highest BCUT2D eigenvalue weighted by molar-refractivity contribution is 7.16. The van der Waals surface area contributed by atoms with E-state index >= 15 is 4.39 Å². The van der Waals surface area contributed by atoms with E-state index in [0.717, 1.165) is 0 Å². The van der Waals surface area contributed by atoms with Gasteiger partial charge in [0.05, 0.1) is 23.8 Å². The number of anilines is 3. The van der Waals surface area contributed by atoms with Gasteiger partial charge in [-0.05, 0) is 39.4 Å². The van der Waals surface area contributed by atoms with E-state index in [0.29, 0.717) is 27.6 Å². The number of carbonyl (C=O) groups excluding carboxylic acids is 1. The number of nitrogens with zero attached hydrogens (tertiary/aromatic N) is 6. The zero-order valence-corrected chi connectivity index (χ0v) is 23.4. The molecule has 0 spiro atoms. The number of ether oxygens (including phenoxy) is 1. The number of hydrogen-bond acceptors (Lipinski definition) is 10. The van der Waals surface area contributed by atoms with Gasteiger partial charge in [0.25, 0.3) is 0 Å². The minimum Gasteiger partial charge on any atom is -0.372 e. The molecule has 16 heteroatoms. The third-order valence-corrected chi connectivity index (χ3v) is 8.20. The van der Waals surface area contributed by atoms with Gasteiger partial charge in [-0.15, -0.1) is 24.5 Å². The molecule has 4 atom stereocenters. The number of halogens is 4. The maximum absolute atomic E-state index is 15.1. The first-order valence-corrected chi connectivity index (χ1v) is 13.5. The maximum atomic E-state index is 15.1. The maximum Gasteiger partial charge on any atom is 0.522 e. The van der Waals surface area contributed by atoms with Crippen molar-refractivity contribution in [1.82, 2.24) is 19.4 Å². The van der Waals surface area contributed by atoms with E-state index in [-0.39, 0.29) is 30.3 Å². The van der Waals surface area contributed by atoms with Crippen LogP contribution in [-0.4, -0.2) is 81.6 Å². The molecule has 1 amide bonds. The van der Waals surface area contributed by atoms with Crippen LogP contribution in [0, 0.1) is 12.7 Å². The van der Waals surface area contributed by atoms with Crippen LogP contribution in [0.5, 0.6) is 0 Å². The number of amides is 1. The molecule has 41 heavy (non-hydrogen) atoms. The van der Waals surface area contributed by atoms with Gasteiger partial charge in [-0.25, -0.2) is 19.3 Å². The molecule has 5 rings (SSSR count). The molecule has 2 aromatic heterocycles. The Balaban J connectivity index is 1.29. The molecule has 0 bridgehead atoms. The fourth-order valence-corrected chi connectivity index (χ4v) is 5.93. The first kappa shape index (κ1) is 29.2. The summed E-state index contributed by atoms with van der Waals surface area (Å²) in [6.45, 7) is 3.56. The molecular weight excluding hydrogens is 570 g/mol. The molecule has 1 aromatic carbocycles. The molecule has 2 aliphatic rings. The summed E-state index contributed by atoms with van der Waals surface area (Å²) in [6.07, 6.45) is -6.54. The number of aryl methyl sites for hydroxylation is 1. The van der Waals surface area contributed by atoms with Gasteiger partial charge in [-0.3, -0.25) is 9.53 Å². The lowest BCUT2D eigenvalue weighted by Crippen LogP contribution is -2.51. The summed E-state index contributed by atoms with van der Waals surface area (Å²) in [5.41, 5.74) is 1.43. The standard InChI is InChI=1S/C25H29F4N7O4S/c1-12(36-11-30-20-19(36)22(38)34(4)24(39)33(20)3)21(37)32-23-31-18(13(2)41-23)14-5-6-17(16(26)9-14)35-8-7-15(10-35)40-25(27,28)29/h5-6,9,11-12,15,22,24,38-39H,7-8,10H2,1-4H3,(H,31,32,37)/t12-,15-,22?,24?/m0/s1. The predicted molar refractivity (Wildman–Crippen MR) is 143 cm³/mol. The molecule has 1 saturated heterocycles. The second-order valence-corrected chi connectivity index (χ2v) is 11.2. The molecule has 2 aliphatic heterocycles. The lowest BCUT2D eigenvalue weighted by atomic mass is 10.1. The van der Waals surface area contributed by atoms with Crippen molar-refractivity contribution in [2.45, 2.75) is 51.4 Å². The highest BCUT2D eigenvalue weighted by Gasteiger charge is 2.39. The second-order valence-electron chi connectivity index (χ2n) is 10.0. The summed E-state index contributed by atoms with van der Waals surface area (Å²) in [5, 5.41) is 24.0. The Hall–Kier alpha value is -3.31. The third-order valence-electron chi connectivity index (χ3n) is 7.32. The molecule has 0 saturated carbocycles. The summed E-state index contributed by atoms with van der Waals surface area (Å²) in [5.74, 6) is -0.691. The summed E-state index contributed by atoms with van der Waals surface area (Å²) in [6, 6.07) is 3.60. The highest BCUT2D eigenvalue weighted by atomic mass is 32.1. The quantitative estimate of drug-likeness (QED) is 0.366. The number of benzene rings is 1. The van der Waals surface area contributed by atoms with Crippen LogP contribution in [0.15, 0.2) is 24.5 Å². The number of hydrogen-bond donors (Lipinski definition) is 3. The molecule has 4 heterocycles. The van der Waals surface area contributed by atoms with Crippen LogP contribution < -0.4 is 15.1 Å². The van der Waals surface area contributed by atoms with Crippen molar-refractivity contribution >= 4 is 33.9 Å². The van der Waals surface area contributed by atoms with Gasteiger partial charge in [0, 0.05) is 30.6 Å². The molecule has 3 N–H and O–H groups in total. The van der Waals surface area contributed by atoms with Crippen molar-refractivity contribution in [3.63, 3.8) is 0 Å². The summed E-state index contributed by atoms with van der Waals surface area (Å²) >= 11 is 1.20. The van der Waals surface area contributed by atoms with Crippen LogP contribution in [0.2, 0.25) is 0 Å². The zero-order chi connectivity index (χ0) is 29.8. The van der Waals surface area contributed by atoms with Gasteiger partial charge in [-0.2, -0.15) is 0 Å². The van der Waals surface area contributed by atoms with Crippen LogP contribution in [-0.2, 0) is 9.53 Å². The fraction of sp³-hybridized carbons (Fsp3) is 0.480. The number of aromatic nitrogens is 3. The molecule has 1 fully saturated rings. The van der Waals surface area contributed by atoms with Crippen LogP contribution in [0.3, 0.4) is 0 Å². The minimum absolute atomic E-state index is 0.0792. The van der Waals surface area contributed by atoms with Crippen LogP contribution >= 0.6 is 11.3 Å². The third kappa shape index (κ3) is 5.61. The molecule has 11 nitrogen and oxygen atoms in total. The average Bonchev–Trinajstić information content (AvgIpc) is 3.63. The number of thiazole rings is 1.